The van der Waals surface area contributed by atoms with Gasteiger partial charge in [0.05, 0.1) is 18.6 Å². The van der Waals surface area contributed by atoms with Gasteiger partial charge in [-0.1, -0.05) is 0 Å². The Labute approximate surface area is 80.4 Å². The van der Waals surface area contributed by atoms with Gasteiger partial charge in [0.2, 0.25) is 0 Å². The zero-order chi connectivity index (χ0) is 9.97. The molecule has 0 unspecified atom stereocenters. The first-order valence-electron chi connectivity index (χ1n) is 4.37. The van der Waals surface area contributed by atoms with Crippen molar-refractivity contribution in [1.82, 2.24) is 10.2 Å². The van der Waals surface area contributed by atoms with Gasteiger partial charge in [-0.15, -0.1) is 0 Å². The smallest absolute Gasteiger partial charge is 0.353 e. The minimum absolute atomic E-state index is 0.103. The topological polar surface area (TPSA) is 75.2 Å². The quantitative estimate of drug-likeness (QED) is 0.743. The normalized spacial score (nSPS) is 15.9. The number of nitrogens with one attached hydrogen (secondary N) is 1. The van der Waals surface area contributed by atoms with E-state index in [1.165, 1.54) is 6.07 Å². The fourth-order valence-corrected chi connectivity index (χ4v) is 1.35. The van der Waals surface area contributed by atoms with Gasteiger partial charge in [0.15, 0.2) is 0 Å². The van der Waals surface area contributed by atoms with Gasteiger partial charge in [-0.3, -0.25) is 5.10 Å². The van der Waals surface area contributed by atoms with Gasteiger partial charge in [-0.25, -0.2) is 4.79 Å². The predicted octanol–water partition coefficient (Wildman–Crippen LogP) is 1.26. The summed E-state index contributed by atoms with van der Waals surface area (Å²) in [6, 6.07) is 1.52. The Balaban J connectivity index is 2.23. The summed E-state index contributed by atoms with van der Waals surface area (Å²) in [7, 11) is 0. The zero-order valence-corrected chi connectivity index (χ0v) is 7.49. The Bertz CT molecular complexity index is 381. The van der Waals surface area contributed by atoms with Crippen LogP contribution in [-0.4, -0.2) is 27.9 Å². The molecule has 1 aliphatic rings. The van der Waals surface area contributed by atoms with Crippen LogP contribution in [0, 0.1) is 0 Å². The average molecular weight is 194 g/mol. The van der Waals surface area contributed by atoms with E-state index in [1.807, 2.05) is 0 Å². The molecule has 14 heavy (non-hydrogen) atoms. The molecule has 0 atom stereocenters. The van der Waals surface area contributed by atoms with Gasteiger partial charge < -0.3 is 9.84 Å². The molecule has 74 valence electrons. The lowest BCUT2D eigenvalue weighted by Gasteiger charge is -2.10. The number of nitrogens with zero attached hydrogens (tertiary/aromatic N) is 1. The highest BCUT2D eigenvalue weighted by Gasteiger charge is 2.13. The van der Waals surface area contributed by atoms with Crippen LogP contribution in [-0.2, 0) is 4.74 Å². The number of aromatic carboxylic acids is 1. The lowest BCUT2D eigenvalue weighted by molar-refractivity contribution is 0.0690. The lowest BCUT2D eigenvalue weighted by Crippen LogP contribution is -1.98. The second kappa shape index (κ2) is 3.53. The molecule has 2 N–H and O–H groups in total. The lowest BCUT2D eigenvalue weighted by atomic mass is 10.1. The first-order valence-corrected chi connectivity index (χ1v) is 4.37. The van der Waals surface area contributed by atoms with Crippen LogP contribution < -0.4 is 0 Å². The monoisotopic (exact) mass is 194 g/mol. The van der Waals surface area contributed by atoms with E-state index >= 15 is 0 Å². The molecule has 5 heteroatoms. The minimum atomic E-state index is -0.999. The van der Waals surface area contributed by atoms with Crippen LogP contribution in [0.15, 0.2) is 12.3 Å². The Hall–Kier alpha value is -1.78. The molecule has 0 radical (unpaired) electrons. The summed E-state index contributed by atoms with van der Waals surface area (Å²) in [6.45, 7) is 0.722. The van der Waals surface area contributed by atoms with Crippen LogP contribution in [0.3, 0.4) is 0 Å². The number of hydrogen-bond donors (Lipinski definition) is 2. The van der Waals surface area contributed by atoms with Gasteiger partial charge in [0.1, 0.15) is 5.69 Å². The molecule has 5 nitrogen and oxygen atoms in total. The summed E-state index contributed by atoms with van der Waals surface area (Å²) in [4.78, 5) is 10.6. The highest BCUT2D eigenvalue weighted by atomic mass is 16.5. The number of carboxylic acids is 1. The molecule has 2 rings (SSSR count). The molecule has 0 spiro atoms. The fourth-order valence-electron chi connectivity index (χ4n) is 1.35. The van der Waals surface area contributed by atoms with E-state index in [9.17, 15) is 4.79 Å². The van der Waals surface area contributed by atoms with E-state index in [2.05, 4.69) is 10.2 Å². The molecule has 0 saturated heterocycles. The number of carbonyl (C=O) groups is 1. The molecule has 1 aliphatic heterocycles. The van der Waals surface area contributed by atoms with Gasteiger partial charge >= 0.3 is 5.97 Å². The fraction of sp³-hybridized carbons (Fsp3) is 0.333. The number of ether oxygens (including phenoxy) is 1. The number of aromatic amines is 1. The summed E-state index contributed by atoms with van der Waals surface area (Å²) >= 11 is 0. The van der Waals surface area contributed by atoms with Crippen LogP contribution >= 0.6 is 0 Å². The number of allylic oxidation sites excluding steroid dienone is 1. The van der Waals surface area contributed by atoms with Crippen molar-refractivity contribution in [2.24, 2.45) is 0 Å². The number of H-pyrrole nitrogens is 1. The van der Waals surface area contributed by atoms with Crippen molar-refractivity contribution in [3.63, 3.8) is 0 Å². The van der Waals surface area contributed by atoms with Crippen LogP contribution in [0.4, 0.5) is 0 Å². The molecule has 0 aromatic carbocycles. The SMILES string of the molecule is O=C(O)c1cc(C2=COCCC2)n[nH]1. The molecule has 0 bridgehead atoms. The minimum Gasteiger partial charge on any atom is -0.501 e. The van der Waals surface area contributed by atoms with Crippen molar-refractivity contribution in [2.75, 3.05) is 6.61 Å². The number of carboxylic acid groups (broad SMARTS) is 1. The van der Waals surface area contributed by atoms with Gasteiger partial charge in [-0.2, -0.15) is 5.10 Å². The number of aromatic nitrogens is 2. The third-order valence-electron chi connectivity index (χ3n) is 2.07. The second-order valence-electron chi connectivity index (χ2n) is 3.09. The van der Waals surface area contributed by atoms with Crippen LogP contribution in [0.1, 0.15) is 29.0 Å². The Kier molecular flexibility index (Phi) is 2.22. The first kappa shape index (κ1) is 8.80. The molecule has 1 aromatic heterocycles. The molecule has 2 heterocycles. The van der Waals surface area contributed by atoms with Crippen LogP contribution in [0.25, 0.3) is 5.57 Å². The summed E-state index contributed by atoms with van der Waals surface area (Å²) in [5.74, 6) is -0.999. The zero-order valence-electron chi connectivity index (χ0n) is 7.49. The van der Waals surface area contributed by atoms with Gasteiger partial charge in [-0.05, 0) is 18.9 Å². The predicted molar refractivity (Wildman–Crippen MR) is 48.7 cm³/mol. The molecule has 0 fully saturated rings. The highest BCUT2D eigenvalue weighted by Crippen LogP contribution is 2.21. The van der Waals surface area contributed by atoms with E-state index in [0.717, 1.165) is 25.0 Å². The second-order valence-corrected chi connectivity index (χ2v) is 3.09. The van der Waals surface area contributed by atoms with Crippen molar-refractivity contribution >= 4 is 11.5 Å². The van der Waals surface area contributed by atoms with E-state index in [0.29, 0.717) is 5.69 Å². The maximum absolute atomic E-state index is 10.6. The van der Waals surface area contributed by atoms with Crippen molar-refractivity contribution in [3.8, 4) is 0 Å². The molecular weight excluding hydrogens is 184 g/mol. The third kappa shape index (κ3) is 1.61. The van der Waals surface area contributed by atoms with Crippen molar-refractivity contribution in [3.05, 3.63) is 23.7 Å². The summed E-state index contributed by atoms with van der Waals surface area (Å²) in [5, 5.41) is 15.0. The summed E-state index contributed by atoms with van der Waals surface area (Å²) in [5.41, 5.74) is 1.70. The van der Waals surface area contributed by atoms with E-state index in [1.54, 1.807) is 6.26 Å². The van der Waals surface area contributed by atoms with Crippen LogP contribution in [0.2, 0.25) is 0 Å². The van der Waals surface area contributed by atoms with Crippen molar-refractivity contribution < 1.29 is 14.6 Å². The number of rotatable bonds is 2. The average Bonchev–Trinajstić information content (AvgIpc) is 2.68. The van der Waals surface area contributed by atoms with Crippen LogP contribution in [0.5, 0.6) is 0 Å². The van der Waals surface area contributed by atoms with Crippen molar-refractivity contribution in [2.45, 2.75) is 12.8 Å². The molecule has 0 saturated carbocycles. The molecule has 1 aromatic rings. The summed E-state index contributed by atoms with van der Waals surface area (Å²) in [6.07, 6.45) is 3.47. The van der Waals surface area contributed by atoms with E-state index in [-0.39, 0.29) is 5.69 Å². The summed E-state index contributed by atoms with van der Waals surface area (Å²) < 4.78 is 5.14. The first-order chi connectivity index (χ1) is 6.77. The molecule has 0 aliphatic carbocycles. The maximum Gasteiger partial charge on any atom is 0.353 e. The molecular formula is C9H10N2O3. The van der Waals surface area contributed by atoms with Crippen molar-refractivity contribution in [1.29, 1.82) is 0 Å². The highest BCUT2D eigenvalue weighted by molar-refractivity contribution is 5.86. The van der Waals surface area contributed by atoms with Gasteiger partial charge in [0.25, 0.3) is 0 Å². The van der Waals surface area contributed by atoms with Gasteiger partial charge in [0, 0.05) is 5.57 Å². The number of hydrogen-bond acceptors (Lipinski definition) is 3. The Morgan fingerprint density at radius 2 is 2.50 bits per heavy atom. The largest absolute Gasteiger partial charge is 0.501 e. The standard InChI is InChI=1S/C9H10N2O3/c12-9(13)8-4-7(10-11-8)6-2-1-3-14-5-6/h4-5H,1-3H2,(H,10,11)(H,12,13). The third-order valence-corrected chi connectivity index (χ3v) is 2.07. The maximum atomic E-state index is 10.6. The van der Waals surface area contributed by atoms with E-state index < -0.39 is 5.97 Å². The van der Waals surface area contributed by atoms with E-state index in [4.69, 9.17) is 9.84 Å². The Morgan fingerprint density at radius 1 is 1.64 bits per heavy atom. The Morgan fingerprint density at radius 3 is 3.07 bits per heavy atom. The molecule has 0 amide bonds.